The van der Waals surface area contributed by atoms with E-state index < -0.39 is 0 Å². The normalized spacial score (nSPS) is 11.0. The number of carbonyl (C=O) groups is 1. The molecule has 3 heteroatoms. The van der Waals surface area contributed by atoms with Gasteiger partial charge in [0.15, 0.2) is 0 Å². The summed E-state index contributed by atoms with van der Waals surface area (Å²) in [4.78, 5) is 12.9. The zero-order valence-corrected chi connectivity index (χ0v) is 14.6. The second kappa shape index (κ2) is 6.91. The summed E-state index contributed by atoms with van der Waals surface area (Å²) in [6, 6.07) is 16.2. The quantitative estimate of drug-likeness (QED) is 0.679. The van der Waals surface area contributed by atoms with Gasteiger partial charge in [0.1, 0.15) is 5.69 Å². The van der Waals surface area contributed by atoms with E-state index in [4.69, 9.17) is 0 Å². The predicted octanol–water partition coefficient (Wildman–Crippen LogP) is 5.31. The van der Waals surface area contributed by atoms with Crippen molar-refractivity contribution in [3.63, 3.8) is 0 Å². The molecule has 24 heavy (non-hydrogen) atoms. The number of fused-ring (bicyclic) bond motifs is 1. The monoisotopic (exact) mass is 320 g/mol. The van der Waals surface area contributed by atoms with E-state index in [1.165, 1.54) is 5.56 Å². The molecule has 0 aliphatic rings. The van der Waals surface area contributed by atoms with Crippen molar-refractivity contribution < 1.29 is 4.79 Å². The zero-order valence-electron chi connectivity index (χ0n) is 14.6. The Kier molecular flexibility index (Phi) is 4.70. The Morgan fingerprint density at radius 2 is 1.75 bits per heavy atom. The zero-order chi connectivity index (χ0) is 17.1. The van der Waals surface area contributed by atoms with Crippen molar-refractivity contribution in [3.05, 3.63) is 65.4 Å². The smallest absolute Gasteiger partial charge is 0.272 e. The molecular formula is C21H24N2O. The lowest BCUT2D eigenvalue weighted by atomic mass is 10.1. The van der Waals surface area contributed by atoms with Gasteiger partial charge in [-0.1, -0.05) is 49.2 Å². The number of hydrogen-bond donors (Lipinski definition) is 1. The van der Waals surface area contributed by atoms with Gasteiger partial charge < -0.3 is 9.88 Å². The number of hydrogen-bond acceptors (Lipinski definition) is 1. The van der Waals surface area contributed by atoms with E-state index in [1.54, 1.807) is 0 Å². The lowest BCUT2D eigenvalue weighted by Crippen LogP contribution is -2.18. The van der Waals surface area contributed by atoms with E-state index in [2.05, 4.69) is 28.9 Å². The highest BCUT2D eigenvalue weighted by molar-refractivity contribution is 6.08. The maximum atomic E-state index is 12.9. The Labute approximate surface area is 143 Å². The highest BCUT2D eigenvalue weighted by Gasteiger charge is 2.19. The van der Waals surface area contributed by atoms with Gasteiger partial charge in [0, 0.05) is 23.1 Å². The Balaban J connectivity index is 2.01. The fraction of sp³-hybridized carbons (Fsp3) is 0.286. The summed E-state index contributed by atoms with van der Waals surface area (Å²) < 4.78 is 2.16. The number of para-hydroxylation sites is 1. The van der Waals surface area contributed by atoms with Crippen molar-refractivity contribution in [1.82, 2.24) is 4.57 Å². The Hall–Kier alpha value is -2.55. The number of unbranched alkanes of at least 4 members (excludes halogenated alkanes) is 1. The Morgan fingerprint density at radius 1 is 1.04 bits per heavy atom. The van der Waals surface area contributed by atoms with Crippen LogP contribution >= 0.6 is 0 Å². The molecule has 0 atom stereocenters. The molecule has 0 spiro atoms. The standard InChI is InChI=1S/C21H24N2O/c1-4-5-14-23-19-9-7-6-8-18(19)16(3)20(23)21(24)22-17-12-10-15(2)11-13-17/h6-13H,4-5,14H2,1-3H3,(H,22,24). The minimum absolute atomic E-state index is 0.0383. The van der Waals surface area contributed by atoms with Crippen LogP contribution in [0.1, 0.15) is 41.4 Å². The van der Waals surface area contributed by atoms with Crippen LogP contribution in [0.5, 0.6) is 0 Å². The minimum Gasteiger partial charge on any atom is -0.336 e. The van der Waals surface area contributed by atoms with Crippen molar-refractivity contribution in [2.45, 2.75) is 40.2 Å². The van der Waals surface area contributed by atoms with Gasteiger partial charge in [-0.05, 0) is 44.0 Å². The van der Waals surface area contributed by atoms with Gasteiger partial charge in [0.05, 0.1) is 0 Å². The highest BCUT2D eigenvalue weighted by atomic mass is 16.2. The number of nitrogens with one attached hydrogen (secondary N) is 1. The summed E-state index contributed by atoms with van der Waals surface area (Å²) in [5, 5.41) is 4.20. The fourth-order valence-electron chi connectivity index (χ4n) is 3.15. The predicted molar refractivity (Wildman–Crippen MR) is 101 cm³/mol. The molecule has 0 fully saturated rings. The van der Waals surface area contributed by atoms with Crippen molar-refractivity contribution in [3.8, 4) is 0 Å². The largest absolute Gasteiger partial charge is 0.336 e. The molecule has 3 rings (SSSR count). The van der Waals surface area contributed by atoms with Crippen molar-refractivity contribution >= 4 is 22.5 Å². The first-order chi connectivity index (χ1) is 11.6. The number of anilines is 1. The second-order valence-corrected chi connectivity index (χ2v) is 6.32. The first kappa shape index (κ1) is 16.3. The molecule has 2 aromatic carbocycles. The summed E-state index contributed by atoms with van der Waals surface area (Å²) >= 11 is 0. The van der Waals surface area contributed by atoms with E-state index in [-0.39, 0.29) is 5.91 Å². The number of aryl methyl sites for hydroxylation is 3. The highest BCUT2D eigenvalue weighted by Crippen LogP contribution is 2.27. The van der Waals surface area contributed by atoms with Crippen LogP contribution in [0.2, 0.25) is 0 Å². The van der Waals surface area contributed by atoms with Crippen LogP contribution in [0.15, 0.2) is 48.5 Å². The minimum atomic E-state index is -0.0383. The summed E-state index contributed by atoms with van der Waals surface area (Å²) in [5.41, 5.74) is 4.97. The SMILES string of the molecule is CCCCn1c(C(=O)Nc2ccc(C)cc2)c(C)c2ccccc21. The average molecular weight is 320 g/mol. The molecule has 1 aromatic heterocycles. The molecule has 1 N–H and O–H groups in total. The van der Waals surface area contributed by atoms with Crippen molar-refractivity contribution in [2.24, 2.45) is 0 Å². The van der Waals surface area contributed by atoms with E-state index in [0.717, 1.165) is 47.2 Å². The number of benzene rings is 2. The van der Waals surface area contributed by atoms with Gasteiger partial charge in [0.2, 0.25) is 0 Å². The maximum Gasteiger partial charge on any atom is 0.272 e. The third kappa shape index (κ3) is 3.07. The number of amides is 1. The molecule has 1 heterocycles. The molecular weight excluding hydrogens is 296 g/mol. The third-order valence-electron chi connectivity index (χ3n) is 4.48. The Morgan fingerprint density at radius 3 is 2.46 bits per heavy atom. The van der Waals surface area contributed by atoms with E-state index in [0.29, 0.717) is 0 Å². The molecule has 3 nitrogen and oxygen atoms in total. The number of carbonyl (C=O) groups excluding carboxylic acids is 1. The average Bonchev–Trinajstić information content (AvgIpc) is 2.88. The molecule has 0 saturated heterocycles. The summed E-state index contributed by atoms with van der Waals surface area (Å²) in [5.74, 6) is -0.0383. The molecule has 0 aliphatic carbocycles. The molecule has 0 bridgehead atoms. The number of rotatable bonds is 5. The van der Waals surface area contributed by atoms with Crippen LogP contribution in [0, 0.1) is 13.8 Å². The molecule has 0 aliphatic heterocycles. The summed E-state index contributed by atoms with van der Waals surface area (Å²) in [6.45, 7) is 7.11. The lowest BCUT2D eigenvalue weighted by Gasteiger charge is -2.12. The first-order valence-electron chi connectivity index (χ1n) is 8.57. The summed E-state index contributed by atoms with van der Waals surface area (Å²) in [7, 11) is 0. The maximum absolute atomic E-state index is 12.9. The van der Waals surface area contributed by atoms with Crippen LogP contribution < -0.4 is 5.32 Å². The van der Waals surface area contributed by atoms with Crippen molar-refractivity contribution in [2.75, 3.05) is 5.32 Å². The van der Waals surface area contributed by atoms with Crippen LogP contribution in [-0.2, 0) is 6.54 Å². The van der Waals surface area contributed by atoms with E-state index >= 15 is 0 Å². The number of nitrogens with zero attached hydrogens (tertiary/aromatic N) is 1. The number of aromatic nitrogens is 1. The molecule has 3 aromatic rings. The molecule has 0 unspecified atom stereocenters. The lowest BCUT2D eigenvalue weighted by molar-refractivity contribution is 0.101. The fourth-order valence-corrected chi connectivity index (χ4v) is 3.15. The van der Waals surface area contributed by atoms with Crippen LogP contribution in [0.25, 0.3) is 10.9 Å². The Bertz CT molecular complexity index is 859. The first-order valence-corrected chi connectivity index (χ1v) is 8.57. The van der Waals surface area contributed by atoms with E-state index in [1.807, 2.05) is 50.2 Å². The molecule has 0 saturated carbocycles. The van der Waals surface area contributed by atoms with Crippen LogP contribution in [0.3, 0.4) is 0 Å². The molecule has 1 amide bonds. The van der Waals surface area contributed by atoms with Gasteiger partial charge in [-0.25, -0.2) is 0 Å². The van der Waals surface area contributed by atoms with Gasteiger partial charge in [-0.3, -0.25) is 4.79 Å². The summed E-state index contributed by atoms with van der Waals surface area (Å²) in [6.07, 6.45) is 2.16. The van der Waals surface area contributed by atoms with Crippen molar-refractivity contribution in [1.29, 1.82) is 0 Å². The van der Waals surface area contributed by atoms with Crippen LogP contribution in [0.4, 0.5) is 5.69 Å². The topological polar surface area (TPSA) is 34.0 Å². The van der Waals surface area contributed by atoms with Gasteiger partial charge in [-0.2, -0.15) is 0 Å². The molecule has 0 radical (unpaired) electrons. The second-order valence-electron chi connectivity index (χ2n) is 6.32. The van der Waals surface area contributed by atoms with Gasteiger partial charge >= 0.3 is 0 Å². The van der Waals surface area contributed by atoms with E-state index in [9.17, 15) is 4.79 Å². The van der Waals surface area contributed by atoms with Gasteiger partial charge in [-0.15, -0.1) is 0 Å². The third-order valence-corrected chi connectivity index (χ3v) is 4.48. The van der Waals surface area contributed by atoms with Gasteiger partial charge in [0.25, 0.3) is 5.91 Å². The van der Waals surface area contributed by atoms with Crippen LogP contribution in [-0.4, -0.2) is 10.5 Å². The molecule has 124 valence electrons.